The zero-order valence-electron chi connectivity index (χ0n) is 10.7. The van der Waals surface area contributed by atoms with E-state index in [1.807, 2.05) is 19.2 Å². The minimum Gasteiger partial charge on any atom is -0.468 e. The standard InChI is InChI=1S/C13H22N2O2/c1-14-8-11-5-6-13(17-11)10-15(2)9-12-4-3-7-16-12/h3-4,7,11,13-14H,5-6,8-10H2,1-2H3. The van der Waals surface area contributed by atoms with Crippen LogP contribution in [-0.2, 0) is 11.3 Å². The van der Waals surface area contributed by atoms with E-state index in [4.69, 9.17) is 9.15 Å². The Morgan fingerprint density at radius 1 is 1.41 bits per heavy atom. The van der Waals surface area contributed by atoms with Crippen LogP contribution in [0, 0.1) is 0 Å². The van der Waals surface area contributed by atoms with Crippen LogP contribution in [0.4, 0.5) is 0 Å². The molecule has 1 aliphatic rings. The summed E-state index contributed by atoms with van der Waals surface area (Å²) in [6, 6.07) is 3.94. The molecule has 1 aliphatic heterocycles. The Labute approximate surface area is 103 Å². The second-order valence-electron chi connectivity index (χ2n) is 4.79. The van der Waals surface area contributed by atoms with Gasteiger partial charge in [-0.1, -0.05) is 0 Å². The molecule has 0 aliphatic carbocycles. The fourth-order valence-electron chi connectivity index (χ4n) is 2.37. The molecular weight excluding hydrogens is 216 g/mol. The van der Waals surface area contributed by atoms with E-state index in [-0.39, 0.29) is 0 Å². The van der Waals surface area contributed by atoms with Gasteiger partial charge < -0.3 is 14.5 Å². The number of hydrogen-bond donors (Lipinski definition) is 1. The quantitative estimate of drug-likeness (QED) is 0.814. The van der Waals surface area contributed by atoms with E-state index in [0.717, 1.165) is 31.8 Å². The van der Waals surface area contributed by atoms with Crippen LogP contribution < -0.4 is 5.32 Å². The molecule has 0 radical (unpaired) electrons. The largest absolute Gasteiger partial charge is 0.468 e. The molecule has 0 bridgehead atoms. The molecule has 0 saturated carbocycles. The molecule has 2 heterocycles. The number of nitrogens with one attached hydrogen (secondary N) is 1. The third kappa shape index (κ3) is 3.84. The Kier molecular flexibility index (Phi) is 4.59. The van der Waals surface area contributed by atoms with Crippen molar-refractivity contribution in [2.24, 2.45) is 0 Å². The van der Waals surface area contributed by atoms with Gasteiger partial charge in [0.15, 0.2) is 0 Å². The monoisotopic (exact) mass is 238 g/mol. The molecule has 2 atom stereocenters. The molecule has 1 saturated heterocycles. The highest BCUT2D eigenvalue weighted by Crippen LogP contribution is 2.20. The maximum atomic E-state index is 5.96. The maximum absolute atomic E-state index is 5.96. The Bertz CT molecular complexity index is 313. The van der Waals surface area contributed by atoms with Gasteiger partial charge in [-0.15, -0.1) is 0 Å². The zero-order chi connectivity index (χ0) is 12.1. The Morgan fingerprint density at radius 3 is 2.94 bits per heavy atom. The van der Waals surface area contributed by atoms with Gasteiger partial charge in [-0.05, 0) is 39.1 Å². The highest BCUT2D eigenvalue weighted by atomic mass is 16.5. The van der Waals surface area contributed by atoms with E-state index in [1.165, 1.54) is 6.42 Å². The van der Waals surface area contributed by atoms with Gasteiger partial charge in [0.1, 0.15) is 5.76 Å². The van der Waals surface area contributed by atoms with Crippen LogP contribution in [0.1, 0.15) is 18.6 Å². The van der Waals surface area contributed by atoms with Gasteiger partial charge in [0, 0.05) is 13.1 Å². The molecule has 1 aromatic heterocycles. The lowest BCUT2D eigenvalue weighted by Crippen LogP contribution is -2.30. The fourth-order valence-corrected chi connectivity index (χ4v) is 2.37. The molecule has 1 fully saturated rings. The minimum atomic E-state index is 0.369. The molecule has 0 spiro atoms. The van der Waals surface area contributed by atoms with E-state index in [1.54, 1.807) is 6.26 Å². The molecule has 0 amide bonds. The Morgan fingerprint density at radius 2 is 2.24 bits per heavy atom. The van der Waals surface area contributed by atoms with Crippen LogP contribution >= 0.6 is 0 Å². The summed E-state index contributed by atoms with van der Waals surface area (Å²) in [5.41, 5.74) is 0. The summed E-state index contributed by atoms with van der Waals surface area (Å²) in [7, 11) is 4.08. The molecule has 2 unspecified atom stereocenters. The lowest BCUT2D eigenvalue weighted by atomic mass is 10.2. The van der Waals surface area contributed by atoms with Gasteiger partial charge in [-0.2, -0.15) is 0 Å². The summed E-state index contributed by atoms with van der Waals surface area (Å²) < 4.78 is 11.3. The normalized spacial score (nSPS) is 24.6. The van der Waals surface area contributed by atoms with Crippen LogP contribution in [0.25, 0.3) is 0 Å². The third-order valence-electron chi connectivity index (χ3n) is 3.15. The van der Waals surface area contributed by atoms with Gasteiger partial charge >= 0.3 is 0 Å². The van der Waals surface area contributed by atoms with Gasteiger partial charge in [-0.25, -0.2) is 0 Å². The van der Waals surface area contributed by atoms with E-state index >= 15 is 0 Å². The Balaban J connectivity index is 1.70. The van der Waals surface area contributed by atoms with Crippen LogP contribution in [-0.4, -0.2) is 44.3 Å². The van der Waals surface area contributed by atoms with Crippen LogP contribution in [0.15, 0.2) is 22.8 Å². The minimum absolute atomic E-state index is 0.369. The molecule has 2 rings (SSSR count). The second-order valence-corrected chi connectivity index (χ2v) is 4.79. The lowest BCUT2D eigenvalue weighted by molar-refractivity contribution is 0.0266. The van der Waals surface area contributed by atoms with Gasteiger partial charge in [-0.3, -0.25) is 4.90 Å². The number of hydrogen-bond acceptors (Lipinski definition) is 4. The predicted octanol–water partition coefficient (Wildman–Crippen LogP) is 1.48. The predicted molar refractivity (Wildman–Crippen MR) is 66.9 cm³/mol. The number of ether oxygens (including phenoxy) is 1. The topological polar surface area (TPSA) is 37.6 Å². The summed E-state index contributed by atoms with van der Waals surface area (Å²) in [5, 5.41) is 3.17. The first-order valence-electron chi connectivity index (χ1n) is 6.29. The van der Waals surface area contributed by atoms with Gasteiger partial charge in [0.05, 0.1) is 25.0 Å². The molecular formula is C13H22N2O2. The lowest BCUT2D eigenvalue weighted by Gasteiger charge is -2.20. The molecule has 96 valence electrons. The van der Waals surface area contributed by atoms with Crippen molar-refractivity contribution in [2.45, 2.75) is 31.6 Å². The van der Waals surface area contributed by atoms with Crippen molar-refractivity contribution in [3.05, 3.63) is 24.2 Å². The summed E-state index contributed by atoms with van der Waals surface area (Å²) in [6.45, 7) is 2.78. The van der Waals surface area contributed by atoms with Gasteiger partial charge in [0.2, 0.25) is 0 Å². The third-order valence-corrected chi connectivity index (χ3v) is 3.15. The molecule has 1 N–H and O–H groups in total. The van der Waals surface area contributed by atoms with Crippen molar-refractivity contribution in [3.63, 3.8) is 0 Å². The highest BCUT2D eigenvalue weighted by Gasteiger charge is 2.25. The van der Waals surface area contributed by atoms with Gasteiger partial charge in [0.25, 0.3) is 0 Å². The first kappa shape index (κ1) is 12.6. The van der Waals surface area contributed by atoms with E-state index in [0.29, 0.717) is 12.2 Å². The van der Waals surface area contributed by atoms with E-state index in [9.17, 15) is 0 Å². The van der Waals surface area contributed by atoms with Crippen molar-refractivity contribution < 1.29 is 9.15 Å². The first-order valence-corrected chi connectivity index (χ1v) is 6.29. The zero-order valence-corrected chi connectivity index (χ0v) is 10.7. The Hall–Kier alpha value is -0.840. The average Bonchev–Trinajstić information content (AvgIpc) is 2.91. The SMILES string of the molecule is CNCC1CCC(CN(C)Cc2ccco2)O1. The van der Waals surface area contributed by atoms with Crippen LogP contribution in [0.3, 0.4) is 0 Å². The highest BCUT2D eigenvalue weighted by molar-refractivity contribution is 4.97. The van der Waals surface area contributed by atoms with E-state index in [2.05, 4.69) is 17.3 Å². The molecule has 0 aromatic carbocycles. The summed E-state index contributed by atoms with van der Waals surface area (Å²) >= 11 is 0. The number of nitrogens with zero attached hydrogens (tertiary/aromatic N) is 1. The number of likely N-dealkylation sites (N-methyl/N-ethyl adjacent to an activating group) is 2. The molecule has 4 nitrogen and oxygen atoms in total. The van der Waals surface area contributed by atoms with Crippen molar-refractivity contribution in [2.75, 3.05) is 27.2 Å². The first-order chi connectivity index (χ1) is 8.28. The van der Waals surface area contributed by atoms with Crippen molar-refractivity contribution >= 4 is 0 Å². The number of furan rings is 1. The van der Waals surface area contributed by atoms with Crippen molar-refractivity contribution in [1.29, 1.82) is 0 Å². The van der Waals surface area contributed by atoms with E-state index < -0.39 is 0 Å². The van der Waals surface area contributed by atoms with Crippen LogP contribution in [0.2, 0.25) is 0 Å². The second kappa shape index (κ2) is 6.19. The maximum Gasteiger partial charge on any atom is 0.117 e. The average molecular weight is 238 g/mol. The van der Waals surface area contributed by atoms with Crippen molar-refractivity contribution in [3.8, 4) is 0 Å². The molecule has 1 aromatic rings. The fraction of sp³-hybridized carbons (Fsp3) is 0.692. The van der Waals surface area contributed by atoms with Crippen molar-refractivity contribution in [1.82, 2.24) is 10.2 Å². The summed E-state index contributed by atoms with van der Waals surface area (Å²) in [5.74, 6) is 1.01. The smallest absolute Gasteiger partial charge is 0.117 e. The molecule has 17 heavy (non-hydrogen) atoms. The summed E-state index contributed by atoms with van der Waals surface area (Å²) in [6.07, 6.45) is 4.81. The summed E-state index contributed by atoms with van der Waals surface area (Å²) in [4.78, 5) is 2.26. The van der Waals surface area contributed by atoms with Crippen LogP contribution in [0.5, 0.6) is 0 Å². The number of rotatable bonds is 6. The molecule has 4 heteroatoms.